The third-order valence-corrected chi connectivity index (χ3v) is 4.45. The maximum Gasteiger partial charge on any atom is 0.226 e. The standard InChI is InChI=1S/C14H23N3OS/c1-3-15-10(2)12-9-19-14(16-12)17-13(18)8-11-6-4-5-7-11/h9-11,15H,3-8H2,1-2H3,(H,16,17,18). The van der Waals surface area contributed by atoms with Crippen molar-refractivity contribution in [2.24, 2.45) is 5.92 Å². The summed E-state index contributed by atoms with van der Waals surface area (Å²) in [4.78, 5) is 16.4. The fraction of sp³-hybridized carbons (Fsp3) is 0.714. The smallest absolute Gasteiger partial charge is 0.226 e. The predicted octanol–water partition coefficient (Wildman–Crippen LogP) is 3.33. The Bertz CT molecular complexity index is 413. The van der Waals surface area contributed by atoms with Gasteiger partial charge in [0.2, 0.25) is 5.91 Å². The normalized spacial score (nSPS) is 17.6. The van der Waals surface area contributed by atoms with E-state index in [2.05, 4.69) is 29.5 Å². The third-order valence-electron chi connectivity index (χ3n) is 3.67. The van der Waals surface area contributed by atoms with E-state index >= 15 is 0 Å². The van der Waals surface area contributed by atoms with Crippen molar-refractivity contribution in [3.63, 3.8) is 0 Å². The summed E-state index contributed by atoms with van der Waals surface area (Å²) < 4.78 is 0. The fourth-order valence-corrected chi connectivity index (χ4v) is 3.42. The van der Waals surface area contributed by atoms with Crippen LogP contribution in [-0.4, -0.2) is 17.4 Å². The number of carbonyl (C=O) groups excluding carboxylic acids is 1. The highest BCUT2D eigenvalue weighted by Gasteiger charge is 2.19. The van der Waals surface area contributed by atoms with Gasteiger partial charge in [-0.2, -0.15) is 0 Å². The molecule has 1 aliphatic carbocycles. The summed E-state index contributed by atoms with van der Waals surface area (Å²) in [6.45, 7) is 5.08. The van der Waals surface area contributed by atoms with E-state index in [-0.39, 0.29) is 11.9 Å². The average Bonchev–Trinajstić information content (AvgIpc) is 3.00. The monoisotopic (exact) mass is 281 g/mol. The molecule has 1 saturated carbocycles. The second kappa shape index (κ2) is 7.01. The molecule has 1 aromatic rings. The summed E-state index contributed by atoms with van der Waals surface area (Å²) >= 11 is 1.51. The summed E-state index contributed by atoms with van der Waals surface area (Å²) in [6.07, 6.45) is 5.61. The molecule has 0 bridgehead atoms. The molecule has 1 aliphatic rings. The number of anilines is 1. The van der Waals surface area contributed by atoms with E-state index in [1.807, 2.05) is 5.38 Å². The van der Waals surface area contributed by atoms with E-state index in [0.29, 0.717) is 12.3 Å². The lowest BCUT2D eigenvalue weighted by molar-refractivity contribution is -0.117. The van der Waals surface area contributed by atoms with Crippen LogP contribution in [0, 0.1) is 5.92 Å². The molecule has 0 aliphatic heterocycles. The van der Waals surface area contributed by atoms with Crippen LogP contribution in [0.25, 0.3) is 0 Å². The van der Waals surface area contributed by atoms with Crippen LogP contribution in [0.1, 0.15) is 57.7 Å². The second-order valence-electron chi connectivity index (χ2n) is 5.26. The van der Waals surface area contributed by atoms with E-state index in [1.165, 1.54) is 37.0 Å². The highest BCUT2D eigenvalue weighted by atomic mass is 32.1. The zero-order chi connectivity index (χ0) is 13.7. The van der Waals surface area contributed by atoms with Gasteiger partial charge >= 0.3 is 0 Å². The Morgan fingerprint density at radius 1 is 1.53 bits per heavy atom. The average molecular weight is 281 g/mol. The number of thiazole rings is 1. The van der Waals surface area contributed by atoms with Gasteiger partial charge in [-0.15, -0.1) is 11.3 Å². The van der Waals surface area contributed by atoms with Gasteiger partial charge in [0.25, 0.3) is 0 Å². The van der Waals surface area contributed by atoms with Gasteiger partial charge in [-0.05, 0) is 32.2 Å². The Labute approximate surface area is 119 Å². The van der Waals surface area contributed by atoms with Gasteiger partial charge in [-0.25, -0.2) is 4.98 Å². The topological polar surface area (TPSA) is 54.0 Å². The minimum absolute atomic E-state index is 0.115. The van der Waals surface area contributed by atoms with Gasteiger partial charge in [0, 0.05) is 17.8 Å². The molecule has 0 saturated heterocycles. The maximum absolute atomic E-state index is 11.9. The van der Waals surface area contributed by atoms with E-state index < -0.39 is 0 Å². The number of nitrogens with zero attached hydrogens (tertiary/aromatic N) is 1. The number of hydrogen-bond donors (Lipinski definition) is 2. The van der Waals surface area contributed by atoms with E-state index in [1.54, 1.807) is 0 Å². The quantitative estimate of drug-likeness (QED) is 0.841. The Morgan fingerprint density at radius 3 is 2.95 bits per heavy atom. The van der Waals surface area contributed by atoms with Crippen LogP contribution >= 0.6 is 11.3 Å². The van der Waals surface area contributed by atoms with Gasteiger partial charge in [0.05, 0.1) is 5.69 Å². The molecule has 5 heteroatoms. The molecule has 2 rings (SSSR count). The molecule has 0 spiro atoms. The molecule has 19 heavy (non-hydrogen) atoms. The van der Waals surface area contributed by atoms with Crippen molar-refractivity contribution in [1.82, 2.24) is 10.3 Å². The highest BCUT2D eigenvalue weighted by Crippen LogP contribution is 2.28. The zero-order valence-corrected chi connectivity index (χ0v) is 12.6. The number of amides is 1. The van der Waals surface area contributed by atoms with E-state index in [4.69, 9.17) is 0 Å². The Morgan fingerprint density at radius 2 is 2.26 bits per heavy atom. The van der Waals surface area contributed by atoms with Crippen molar-refractivity contribution >= 4 is 22.4 Å². The minimum atomic E-state index is 0.115. The minimum Gasteiger partial charge on any atom is -0.309 e. The molecular weight excluding hydrogens is 258 g/mol. The first-order chi connectivity index (χ1) is 9.19. The summed E-state index contributed by atoms with van der Waals surface area (Å²) in [7, 11) is 0. The molecule has 1 fully saturated rings. The first-order valence-electron chi connectivity index (χ1n) is 7.17. The summed E-state index contributed by atoms with van der Waals surface area (Å²) in [5.74, 6) is 0.698. The molecule has 4 nitrogen and oxygen atoms in total. The number of carbonyl (C=O) groups is 1. The van der Waals surface area contributed by atoms with Crippen molar-refractivity contribution in [2.75, 3.05) is 11.9 Å². The Kier molecular flexibility index (Phi) is 5.34. The third kappa shape index (κ3) is 4.28. The molecule has 0 aromatic carbocycles. The number of rotatable bonds is 6. The van der Waals surface area contributed by atoms with Crippen molar-refractivity contribution < 1.29 is 4.79 Å². The molecule has 1 unspecified atom stereocenters. The number of nitrogens with one attached hydrogen (secondary N) is 2. The zero-order valence-electron chi connectivity index (χ0n) is 11.7. The lowest BCUT2D eigenvalue weighted by atomic mass is 10.0. The summed E-state index contributed by atoms with van der Waals surface area (Å²) in [5.41, 5.74) is 1.00. The van der Waals surface area contributed by atoms with Crippen LogP contribution < -0.4 is 10.6 Å². The van der Waals surface area contributed by atoms with Crippen LogP contribution in [0.3, 0.4) is 0 Å². The van der Waals surface area contributed by atoms with Crippen LogP contribution in [0.4, 0.5) is 5.13 Å². The largest absolute Gasteiger partial charge is 0.309 e. The first kappa shape index (κ1) is 14.5. The van der Waals surface area contributed by atoms with Gasteiger partial charge in [0.15, 0.2) is 5.13 Å². The molecule has 0 radical (unpaired) electrons. The molecular formula is C14H23N3OS. The van der Waals surface area contributed by atoms with Crippen LogP contribution in [-0.2, 0) is 4.79 Å². The molecule has 2 N–H and O–H groups in total. The Balaban J connectivity index is 1.83. The SMILES string of the molecule is CCNC(C)c1csc(NC(=O)CC2CCCC2)n1. The summed E-state index contributed by atoms with van der Waals surface area (Å²) in [5, 5.41) is 8.98. The molecule has 1 heterocycles. The fourth-order valence-electron chi connectivity index (χ4n) is 2.60. The maximum atomic E-state index is 11.9. The van der Waals surface area contributed by atoms with Crippen molar-refractivity contribution in [1.29, 1.82) is 0 Å². The van der Waals surface area contributed by atoms with Crippen LogP contribution in [0.2, 0.25) is 0 Å². The van der Waals surface area contributed by atoms with Crippen LogP contribution in [0.15, 0.2) is 5.38 Å². The van der Waals surface area contributed by atoms with Crippen molar-refractivity contribution in [3.05, 3.63) is 11.1 Å². The first-order valence-corrected chi connectivity index (χ1v) is 8.05. The predicted molar refractivity (Wildman–Crippen MR) is 79.4 cm³/mol. The molecule has 1 aromatic heterocycles. The van der Waals surface area contributed by atoms with Gasteiger partial charge in [-0.1, -0.05) is 19.8 Å². The van der Waals surface area contributed by atoms with Crippen LogP contribution in [0.5, 0.6) is 0 Å². The van der Waals surface area contributed by atoms with Crippen molar-refractivity contribution in [2.45, 2.75) is 52.0 Å². The Hall–Kier alpha value is -0.940. The molecule has 1 atom stereocenters. The van der Waals surface area contributed by atoms with Gasteiger partial charge < -0.3 is 10.6 Å². The molecule has 1 amide bonds. The highest BCUT2D eigenvalue weighted by molar-refractivity contribution is 7.13. The van der Waals surface area contributed by atoms with Gasteiger partial charge in [-0.3, -0.25) is 4.79 Å². The van der Waals surface area contributed by atoms with Crippen molar-refractivity contribution in [3.8, 4) is 0 Å². The lowest BCUT2D eigenvalue weighted by Gasteiger charge is -2.09. The lowest BCUT2D eigenvalue weighted by Crippen LogP contribution is -2.18. The second-order valence-corrected chi connectivity index (χ2v) is 6.12. The van der Waals surface area contributed by atoms with E-state index in [0.717, 1.165) is 17.4 Å². The van der Waals surface area contributed by atoms with Gasteiger partial charge in [0.1, 0.15) is 0 Å². The summed E-state index contributed by atoms with van der Waals surface area (Å²) in [6, 6.07) is 0.238. The number of aromatic nitrogens is 1. The number of hydrogen-bond acceptors (Lipinski definition) is 4. The van der Waals surface area contributed by atoms with E-state index in [9.17, 15) is 4.79 Å². The molecule has 106 valence electrons.